The second kappa shape index (κ2) is 6.60. The van der Waals surface area contributed by atoms with E-state index in [-0.39, 0.29) is 34.7 Å². The molecule has 22 heavy (non-hydrogen) atoms. The summed E-state index contributed by atoms with van der Waals surface area (Å²) in [5, 5.41) is 17.9. The molecule has 6 nitrogen and oxygen atoms in total. The lowest BCUT2D eigenvalue weighted by Gasteiger charge is -2.21. The Morgan fingerprint density at radius 1 is 1.05 bits per heavy atom. The molecule has 0 fully saturated rings. The van der Waals surface area contributed by atoms with Gasteiger partial charge in [-0.25, -0.2) is 0 Å². The predicted molar refractivity (Wildman–Crippen MR) is 81.6 cm³/mol. The first-order valence-electron chi connectivity index (χ1n) is 6.92. The predicted octanol–water partition coefficient (Wildman–Crippen LogP) is 1.51. The maximum Gasteiger partial charge on any atom is 0.267 e. The highest BCUT2D eigenvalue weighted by molar-refractivity contribution is 6.17. The van der Waals surface area contributed by atoms with Gasteiger partial charge in [0, 0.05) is 0 Å². The van der Waals surface area contributed by atoms with Gasteiger partial charge in [-0.3, -0.25) is 14.4 Å². The lowest BCUT2D eigenvalue weighted by Crippen LogP contribution is -2.35. The fourth-order valence-corrected chi connectivity index (χ4v) is 1.80. The minimum Gasteiger partial charge on any atom is -0.504 e. The molecule has 2 rings (SSSR count). The highest BCUT2D eigenvalue weighted by Crippen LogP contribution is 2.28. The molecule has 0 unspecified atom stereocenters. The summed E-state index contributed by atoms with van der Waals surface area (Å²) in [6.07, 6.45) is 0.403. The van der Waals surface area contributed by atoms with Gasteiger partial charge in [0.15, 0.2) is 11.5 Å². The molecule has 120 valence electrons. The average Bonchev–Trinajstić information content (AvgIpc) is 2.48. The number of carbonyl (C=O) groups is 1. The van der Waals surface area contributed by atoms with E-state index in [9.17, 15) is 14.4 Å². The van der Waals surface area contributed by atoms with Crippen LogP contribution in [0.4, 0.5) is 0 Å². The first kappa shape index (κ1) is 17.7. The van der Waals surface area contributed by atoms with Crippen molar-refractivity contribution < 1.29 is 19.7 Å². The van der Waals surface area contributed by atoms with Crippen molar-refractivity contribution in [2.45, 2.75) is 40.2 Å². The average molecular weight is 308 g/mol. The van der Waals surface area contributed by atoms with Gasteiger partial charge in [-0.2, -0.15) is 0 Å². The summed E-state index contributed by atoms with van der Waals surface area (Å²) >= 11 is 0. The standard InChI is InChI=1S/2C8H10O3/c1-4(2)11-8-6(9)5(3)7(8)10;1-4(2)3-5-6(9)8(11)7(5)10/h2*4,9H,3H2,1-2H3. The second-order valence-electron chi connectivity index (χ2n) is 5.74. The summed E-state index contributed by atoms with van der Waals surface area (Å²) in [7, 11) is 0. The summed E-state index contributed by atoms with van der Waals surface area (Å²) in [6.45, 7) is 10.8. The molecule has 6 heteroatoms. The van der Waals surface area contributed by atoms with E-state index in [1.54, 1.807) is 13.8 Å². The SMILES string of the molecule is C=C1C(=O)C(OC(C)C)=C1O.CC(C)Cc1c(O)c(=O)c1=O. The van der Waals surface area contributed by atoms with Crippen molar-refractivity contribution in [3.63, 3.8) is 0 Å². The van der Waals surface area contributed by atoms with E-state index >= 15 is 0 Å². The molecule has 0 spiro atoms. The number of hydrogen-bond donors (Lipinski definition) is 2. The fraction of sp³-hybridized carbons (Fsp3) is 0.438. The van der Waals surface area contributed by atoms with Crippen molar-refractivity contribution in [1.29, 1.82) is 0 Å². The van der Waals surface area contributed by atoms with E-state index in [0.29, 0.717) is 17.9 Å². The van der Waals surface area contributed by atoms with Crippen LogP contribution in [0.3, 0.4) is 0 Å². The van der Waals surface area contributed by atoms with Crippen LogP contribution in [0.2, 0.25) is 0 Å². The topological polar surface area (TPSA) is 101 Å². The molecule has 0 saturated carbocycles. The third-order valence-electron chi connectivity index (χ3n) is 2.93. The van der Waals surface area contributed by atoms with Crippen molar-refractivity contribution in [3.05, 3.63) is 49.7 Å². The third kappa shape index (κ3) is 3.44. The highest BCUT2D eigenvalue weighted by atomic mass is 16.5. The number of Topliss-reactive ketones (excluding diaryl/α,β-unsaturated/α-hetero) is 1. The number of hydrogen-bond acceptors (Lipinski definition) is 6. The van der Waals surface area contributed by atoms with Crippen molar-refractivity contribution in [3.8, 4) is 5.75 Å². The zero-order chi connectivity index (χ0) is 17.2. The third-order valence-corrected chi connectivity index (χ3v) is 2.93. The van der Waals surface area contributed by atoms with Crippen LogP contribution < -0.4 is 10.9 Å². The number of aliphatic hydroxyl groups excluding tert-OH is 1. The molecule has 0 heterocycles. The summed E-state index contributed by atoms with van der Waals surface area (Å²) in [5.41, 5.74) is -0.817. The minimum absolute atomic E-state index is 0.0463. The minimum atomic E-state index is -0.736. The van der Waals surface area contributed by atoms with E-state index in [1.165, 1.54) is 0 Å². The molecule has 0 aliphatic heterocycles. The van der Waals surface area contributed by atoms with Crippen LogP contribution >= 0.6 is 0 Å². The monoisotopic (exact) mass is 308 g/mol. The Labute approximate surface area is 128 Å². The van der Waals surface area contributed by atoms with Crippen molar-refractivity contribution >= 4 is 5.78 Å². The molecule has 0 aromatic heterocycles. The Balaban J connectivity index is 0.000000220. The Morgan fingerprint density at radius 3 is 1.95 bits per heavy atom. The maximum atomic E-state index is 10.9. The Kier molecular flexibility index (Phi) is 5.30. The lowest BCUT2D eigenvalue weighted by molar-refractivity contribution is -0.118. The molecule has 0 amide bonds. The molecule has 1 aromatic carbocycles. The van der Waals surface area contributed by atoms with Crippen LogP contribution in [-0.4, -0.2) is 22.1 Å². The lowest BCUT2D eigenvalue weighted by atomic mass is 9.98. The molecule has 1 aliphatic rings. The largest absolute Gasteiger partial charge is 0.504 e. The molecule has 1 aliphatic carbocycles. The maximum absolute atomic E-state index is 10.9. The summed E-state index contributed by atoms with van der Waals surface area (Å²) in [4.78, 5) is 32.1. The van der Waals surface area contributed by atoms with Crippen LogP contribution in [-0.2, 0) is 16.0 Å². The van der Waals surface area contributed by atoms with Crippen LogP contribution in [0.5, 0.6) is 5.75 Å². The first-order valence-corrected chi connectivity index (χ1v) is 6.92. The summed E-state index contributed by atoms with van der Waals surface area (Å²) in [6, 6.07) is 0. The van der Waals surface area contributed by atoms with Gasteiger partial charge >= 0.3 is 0 Å². The molecule has 0 radical (unpaired) electrons. The number of aliphatic hydroxyl groups is 1. The van der Waals surface area contributed by atoms with Gasteiger partial charge in [0.25, 0.3) is 5.43 Å². The van der Waals surface area contributed by atoms with Crippen molar-refractivity contribution in [1.82, 2.24) is 0 Å². The molecule has 1 aromatic rings. The molecule has 0 bridgehead atoms. The van der Waals surface area contributed by atoms with Crippen LogP contribution in [0.25, 0.3) is 0 Å². The Morgan fingerprint density at radius 2 is 1.59 bits per heavy atom. The van der Waals surface area contributed by atoms with E-state index in [4.69, 9.17) is 14.9 Å². The van der Waals surface area contributed by atoms with Gasteiger partial charge in [0.2, 0.25) is 17.0 Å². The van der Waals surface area contributed by atoms with Gasteiger partial charge in [-0.05, 0) is 26.2 Å². The summed E-state index contributed by atoms with van der Waals surface area (Å²) < 4.78 is 5.00. The Hall–Kier alpha value is -2.37. The van der Waals surface area contributed by atoms with E-state index < -0.39 is 10.9 Å². The van der Waals surface area contributed by atoms with Gasteiger partial charge in [0.05, 0.1) is 17.2 Å². The highest BCUT2D eigenvalue weighted by Gasteiger charge is 2.34. The van der Waals surface area contributed by atoms with Gasteiger partial charge in [0.1, 0.15) is 0 Å². The molecule has 2 N–H and O–H groups in total. The van der Waals surface area contributed by atoms with Crippen LogP contribution in [0, 0.1) is 5.92 Å². The number of allylic oxidation sites excluding steroid dienone is 2. The van der Waals surface area contributed by atoms with Crippen LogP contribution in [0.15, 0.2) is 33.3 Å². The zero-order valence-corrected chi connectivity index (χ0v) is 13.1. The van der Waals surface area contributed by atoms with Gasteiger partial charge in [-0.15, -0.1) is 0 Å². The smallest absolute Gasteiger partial charge is 0.267 e. The normalized spacial score (nSPS) is 14.3. The fourth-order valence-electron chi connectivity index (χ4n) is 1.80. The molecule has 0 saturated heterocycles. The zero-order valence-electron chi connectivity index (χ0n) is 13.1. The van der Waals surface area contributed by atoms with Gasteiger partial charge < -0.3 is 14.9 Å². The number of ketones is 1. The number of aromatic hydroxyl groups is 1. The van der Waals surface area contributed by atoms with Crippen molar-refractivity contribution in [2.75, 3.05) is 0 Å². The summed E-state index contributed by atoms with van der Waals surface area (Å²) in [5.74, 6) is -0.391. The van der Waals surface area contributed by atoms with Gasteiger partial charge in [-0.1, -0.05) is 20.4 Å². The number of rotatable bonds is 4. The van der Waals surface area contributed by atoms with Crippen molar-refractivity contribution in [2.24, 2.45) is 5.92 Å². The number of ether oxygens (including phenoxy) is 1. The Bertz CT molecular complexity index is 699. The first-order chi connectivity index (χ1) is 10.1. The molecular formula is C16H20O6. The van der Waals surface area contributed by atoms with E-state index in [1.807, 2.05) is 13.8 Å². The van der Waals surface area contributed by atoms with E-state index in [2.05, 4.69) is 6.58 Å². The van der Waals surface area contributed by atoms with E-state index in [0.717, 1.165) is 0 Å². The molecule has 0 atom stereocenters. The second-order valence-corrected chi connectivity index (χ2v) is 5.74. The molecular weight excluding hydrogens is 288 g/mol. The number of carbonyl (C=O) groups excluding carboxylic acids is 1. The quantitative estimate of drug-likeness (QED) is 0.646. The van der Waals surface area contributed by atoms with Crippen LogP contribution in [0.1, 0.15) is 33.3 Å².